The average Bonchev–Trinajstić information content (AvgIpc) is 2.99. The number of rotatable bonds is 5. The molecular weight excluding hydrogens is 270 g/mol. The lowest BCUT2D eigenvalue weighted by molar-refractivity contribution is -0.314. The van der Waals surface area contributed by atoms with Crippen molar-refractivity contribution in [3.63, 3.8) is 0 Å². The summed E-state index contributed by atoms with van der Waals surface area (Å²) >= 11 is 0. The molecule has 0 aliphatic carbocycles. The van der Waals surface area contributed by atoms with E-state index in [1.807, 2.05) is 0 Å². The fourth-order valence-electron chi connectivity index (χ4n) is 2.67. The summed E-state index contributed by atoms with van der Waals surface area (Å²) in [5, 5.41) is 51.2. The SMILES string of the molecule is OCC(CO)(OC1OCC(O)C(O)C1O)C1CCCN1. The van der Waals surface area contributed by atoms with Crippen molar-refractivity contribution in [1.82, 2.24) is 5.32 Å². The standard InChI is InChI=1S/C12H23NO7/c14-5-12(6-15,8-2-1-3-13-8)20-11-10(18)9(17)7(16)4-19-11/h7-11,13-18H,1-6H2. The third-order valence-electron chi connectivity index (χ3n) is 4.04. The third-order valence-corrected chi connectivity index (χ3v) is 4.04. The van der Waals surface area contributed by atoms with Gasteiger partial charge in [-0.3, -0.25) is 0 Å². The molecule has 118 valence electrons. The molecule has 8 nitrogen and oxygen atoms in total. The Labute approximate surface area is 116 Å². The maximum Gasteiger partial charge on any atom is 0.187 e. The van der Waals surface area contributed by atoms with E-state index in [2.05, 4.69) is 5.32 Å². The fourth-order valence-corrected chi connectivity index (χ4v) is 2.67. The molecule has 0 radical (unpaired) electrons. The topological polar surface area (TPSA) is 132 Å². The van der Waals surface area contributed by atoms with Gasteiger partial charge < -0.3 is 40.3 Å². The Kier molecular flexibility index (Phi) is 5.32. The molecule has 2 saturated heterocycles. The van der Waals surface area contributed by atoms with Crippen molar-refractivity contribution in [2.75, 3.05) is 26.4 Å². The lowest BCUT2D eigenvalue weighted by Gasteiger charge is -2.43. The fraction of sp³-hybridized carbons (Fsp3) is 1.00. The maximum atomic E-state index is 9.86. The van der Waals surface area contributed by atoms with Gasteiger partial charge in [-0.2, -0.15) is 0 Å². The van der Waals surface area contributed by atoms with Gasteiger partial charge in [-0.15, -0.1) is 0 Å². The Morgan fingerprint density at radius 2 is 1.85 bits per heavy atom. The summed E-state index contributed by atoms with van der Waals surface area (Å²) in [6.45, 7) is -0.335. The number of hydrogen-bond acceptors (Lipinski definition) is 8. The zero-order valence-corrected chi connectivity index (χ0v) is 11.2. The molecule has 2 rings (SSSR count). The van der Waals surface area contributed by atoms with Crippen LogP contribution in [-0.2, 0) is 9.47 Å². The van der Waals surface area contributed by atoms with Gasteiger partial charge in [-0.1, -0.05) is 0 Å². The first-order valence-corrected chi connectivity index (χ1v) is 6.83. The normalized spacial score (nSPS) is 39.1. The zero-order valence-electron chi connectivity index (χ0n) is 11.2. The molecule has 0 aromatic rings. The molecule has 0 amide bonds. The largest absolute Gasteiger partial charge is 0.393 e. The van der Waals surface area contributed by atoms with Crippen molar-refractivity contribution in [2.45, 2.75) is 49.1 Å². The van der Waals surface area contributed by atoms with Crippen molar-refractivity contribution < 1.29 is 35.0 Å². The van der Waals surface area contributed by atoms with E-state index in [4.69, 9.17) is 9.47 Å². The smallest absolute Gasteiger partial charge is 0.187 e. The van der Waals surface area contributed by atoms with E-state index < -0.39 is 43.4 Å². The minimum atomic E-state index is -1.45. The number of nitrogens with one attached hydrogen (secondary N) is 1. The van der Waals surface area contributed by atoms with E-state index >= 15 is 0 Å². The Balaban J connectivity index is 2.07. The van der Waals surface area contributed by atoms with Gasteiger partial charge in [-0.25, -0.2) is 0 Å². The zero-order chi connectivity index (χ0) is 14.8. The molecule has 0 bridgehead atoms. The predicted molar refractivity (Wildman–Crippen MR) is 66.8 cm³/mol. The summed E-state index contributed by atoms with van der Waals surface area (Å²) in [6, 6.07) is -0.266. The van der Waals surface area contributed by atoms with E-state index in [0.29, 0.717) is 0 Å². The van der Waals surface area contributed by atoms with Gasteiger partial charge in [0, 0.05) is 6.04 Å². The quantitative estimate of drug-likeness (QED) is 0.314. The molecule has 6 N–H and O–H groups in total. The highest BCUT2D eigenvalue weighted by atomic mass is 16.7. The van der Waals surface area contributed by atoms with Crippen LogP contribution in [0.3, 0.4) is 0 Å². The first-order valence-electron chi connectivity index (χ1n) is 6.83. The first-order chi connectivity index (χ1) is 9.54. The average molecular weight is 293 g/mol. The molecule has 2 fully saturated rings. The molecule has 20 heavy (non-hydrogen) atoms. The van der Waals surface area contributed by atoms with Crippen LogP contribution in [0.25, 0.3) is 0 Å². The molecule has 0 saturated carbocycles. The van der Waals surface area contributed by atoms with Crippen molar-refractivity contribution in [1.29, 1.82) is 0 Å². The van der Waals surface area contributed by atoms with E-state index in [1.54, 1.807) is 0 Å². The second-order valence-electron chi connectivity index (χ2n) is 5.40. The molecule has 0 spiro atoms. The van der Waals surface area contributed by atoms with E-state index in [1.165, 1.54) is 0 Å². The van der Waals surface area contributed by atoms with E-state index in [0.717, 1.165) is 19.4 Å². The number of aliphatic hydroxyl groups is 5. The van der Waals surface area contributed by atoms with Crippen LogP contribution in [0.2, 0.25) is 0 Å². The molecule has 2 aliphatic rings. The maximum absolute atomic E-state index is 9.86. The van der Waals surface area contributed by atoms with Crippen LogP contribution in [0.1, 0.15) is 12.8 Å². The number of aliphatic hydroxyl groups excluding tert-OH is 5. The highest BCUT2D eigenvalue weighted by Crippen LogP contribution is 2.28. The lowest BCUT2D eigenvalue weighted by atomic mass is 9.93. The molecular formula is C12H23NO7. The monoisotopic (exact) mass is 293 g/mol. The van der Waals surface area contributed by atoms with Crippen LogP contribution < -0.4 is 5.32 Å². The minimum Gasteiger partial charge on any atom is -0.393 e. The first kappa shape index (κ1) is 16.1. The van der Waals surface area contributed by atoms with Crippen molar-refractivity contribution in [2.24, 2.45) is 0 Å². The summed E-state index contributed by atoms with van der Waals surface area (Å²) in [4.78, 5) is 0. The van der Waals surface area contributed by atoms with E-state index in [9.17, 15) is 25.5 Å². The van der Waals surface area contributed by atoms with Gasteiger partial charge >= 0.3 is 0 Å². The Morgan fingerprint density at radius 1 is 1.15 bits per heavy atom. The van der Waals surface area contributed by atoms with Gasteiger partial charge in [0.25, 0.3) is 0 Å². The van der Waals surface area contributed by atoms with Crippen molar-refractivity contribution >= 4 is 0 Å². The van der Waals surface area contributed by atoms with Gasteiger partial charge in [-0.05, 0) is 19.4 Å². The summed E-state index contributed by atoms with van der Waals surface area (Å²) in [6.07, 6.45) is -3.62. The Hall–Kier alpha value is -0.320. The summed E-state index contributed by atoms with van der Waals surface area (Å²) in [5.74, 6) is 0. The predicted octanol–water partition coefficient (Wildman–Crippen LogP) is -3.08. The summed E-state index contributed by atoms with van der Waals surface area (Å²) < 4.78 is 10.7. The van der Waals surface area contributed by atoms with Gasteiger partial charge in [0.1, 0.15) is 23.9 Å². The molecule has 0 aromatic heterocycles. The molecule has 8 heteroatoms. The summed E-state index contributed by atoms with van der Waals surface area (Å²) in [7, 11) is 0. The van der Waals surface area contributed by atoms with Crippen LogP contribution in [0.15, 0.2) is 0 Å². The number of ether oxygens (including phenoxy) is 2. The highest BCUT2D eigenvalue weighted by Gasteiger charge is 2.47. The Morgan fingerprint density at radius 3 is 2.40 bits per heavy atom. The molecule has 2 aliphatic heterocycles. The van der Waals surface area contributed by atoms with Gasteiger partial charge in [0.05, 0.1) is 19.8 Å². The molecule has 5 unspecified atom stereocenters. The lowest BCUT2D eigenvalue weighted by Crippen LogP contribution is -2.62. The van der Waals surface area contributed by atoms with Crippen molar-refractivity contribution in [3.05, 3.63) is 0 Å². The molecule has 2 heterocycles. The highest BCUT2D eigenvalue weighted by molar-refractivity contribution is 4.97. The van der Waals surface area contributed by atoms with Gasteiger partial charge in [0.2, 0.25) is 0 Å². The number of hydrogen-bond donors (Lipinski definition) is 6. The minimum absolute atomic E-state index is 0.187. The summed E-state index contributed by atoms with van der Waals surface area (Å²) in [5.41, 5.74) is -1.30. The Bertz CT molecular complexity index is 306. The van der Waals surface area contributed by atoms with Crippen molar-refractivity contribution in [3.8, 4) is 0 Å². The van der Waals surface area contributed by atoms with Crippen LogP contribution >= 0.6 is 0 Å². The molecule has 5 atom stereocenters. The van der Waals surface area contributed by atoms with Crippen LogP contribution in [0, 0.1) is 0 Å². The van der Waals surface area contributed by atoms with Crippen LogP contribution in [-0.4, -0.2) is 88.1 Å². The third kappa shape index (κ3) is 2.97. The van der Waals surface area contributed by atoms with E-state index in [-0.39, 0.29) is 12.6 Å². The van der Waals surface area contributed by atoms with Crippen LogP contribution in [0.5, 0.6) is 0 Å². The van der Waals surface area contributed by atoms with Gasteiger partial charge in [0.15, 0.2) is 6.29 Å². The second-order valence-corrected chi connectivity index (χ2v) is 5.40. The van der Waals surface area contributed by atoms with Crippen LogP contribution in [0.4, 0.5) is 0 Å². The molecule has 0 aromatic carbocycles. The second kappa shape index (κ2) is 6.63.